The van der Waals surface area contributed by atoms with E-state index in [0.717, 1.165) is 25.3 Å². The molecule has 0 aromatic heterocycles. The summed E-state index contributed by atoms with van der Waals surface area (Å²) >= 11 is 6.41. The van der Waals surface area contributed by atoms with E-state index in [1.54, 1.807) is 0 Å². The molecule has 116 valence electrons. The number of hydrogen-bond donors (Lipinski definition) is 1. The highest BCUT2D eigenvalue weighted by Crippen LogP contribution is 2.35. The van der Waals surface area contributed by atoms with Crippen LogP contribution in [-0.2, 0) is 6.18 Å². The predicted molar refractivity (Wildman–Crippen MR) is 81.5 cm³/mol. The minimum absolute atomic E-state index is 0.0228. The summed E-state index contributed by atoms with van der Waals surface area (Å²) in [5, 5.41) is 2.72. The fourth-order valence-electron chi connectivity index (χ4n) is 2.43. The normalized spacial score (nSPS) is 22.3. The van der Waals surface area contributed by atoms with E-state index in [0.29, 0.717) is 17.3 Å². The van der Waals surface area contributed by atoms with Crippen LogP contribution in [0, 0.1) is 5.92 Å². The molecule has 2 rings (SSSR count). The number of alkyl halides is 4. The number of rotatable bonds is 3. The Kier molecular flexibility index (Phi) is 5.35. The molecule has 21 heavy (non-hydrogen) atoms. The Hall–Kier alpha value is -0.560. The predicted octanol–water partition coefficient (Wildman–Crippen LogP) is 4.76. The van der Waals surface area contributed by atoms with Gasteiger partial charge in [-0.15, -0.1) is 0 Å². The van der Waals surface area contributed by atoms with Crippen LogP contribution in [0.4, 0.5) is 13.2 Å². The lowest BCUT2D eigenvalue weighted by Gasteiger charge is -2.15. The van der Waals surface area contributed by atoms with E-state index in [9.17, 15) is 18.0 Å². The third kappa shape index (κ3) is 4.22. The summed E-state index contributed by atoms with van der Waals surface area (Å²) in [5.41, 5.74) is -0.816. The van der Waals surface area contributed by atoms with Crippen molar-refractivity contribution in [3.8, 4) is 0 Å². The molecule has 0 aliphatic heterocycles. The molecular weight excluding hydrogens is 415 g/mol. The first-order chi connectivity index (χ1) is 9.79. The van der Waals surface area contributed by atoms with Crippen LogP contribution in [0.3, 0.4) is 0 Å². The Morgan fingerprint density at radius 2 is 2.05 bits per heavy atom. The third-order valence-corrected chi connectivity index (χ3v) is 5.52. The van der Waals surface area contributed by atoms with Crippen molar-refractivity contribution in [1.82, 2.24) is 5.32 Å². The van der Waals surface area contributed by atoms with Gasteiger partial charge in [-0.25, -0.2) is 0 Å². The average molecular weight is 429 g/mol. The minimum atomic E-state index is -4.48. The van der Waals surface area contributed by atoms with Gasteiger partial charge in [-0.2, -0.15) is 13.2 Å². The molecule has 0 heterocycles. The molecule has 0 radical (unpaired) electrons. The van der Waals surface area contributed by atoms with Gasteiger partial charge in [0.25, 0.3) is 5.91 Å². The van der Waals surface area contributed by atoms with Crippen molar-refractivity contribution in [2.45, 2.75) is 30.3 Å². The largest absolute Gasteiger partial charge is 0.417 e. The van der Waals surface area contributed by atoms with Gasteiger partial charge in [0.15, 0.2) is 0 Å². The molecule has 2 unspecified atom stereocenters. The first-order valence-electron chi connectivity index (χ1n) is 6.58. The quantitative estimate of drug-likeness (QED) is 0.691. The summed E-state index contributed by atoms with van der Waals surface area (Å²) in [6.07, 6.45) is -1.30. The van der Waals surface area contributed by atoms with Gasteiger partial charge in [0.1, 0.15) is 0 Å². The van der Waals surface area contributed by atoms with Gasteiger partial charge in [0, 0.05) is 21.4 Å². The fraction of sp³-hybridized carbons (Fsp3) is 0.500. The molecule has 1 N–H and O–H groups in total. The van der Waals surface area contributed by atoms with Crippen molar-refractivity contribution in [3.63, 3.8) is 0 Å². The molecule has 1 aromatic carbocycles. The summed E-state index contributed by atoms with van der Waals surface area (Å²) in [5.74, 6) is -0.133. The zero-order valence-electron chi connectivity index (χ0n) is 11.0. The number of nitrogens with one attached hydrogen (secondary N) is 1. The van der Waals surface area contributed by atoms with Crippen LogP contribution in [-0.4, -0.2) is 17.3 Å². The number of benzene rings is 1. The first-order valence-corrected chi connectivity index (χ1v) is 8.29. The summed E-state index contributed by atoms with van der Waals surface area (Å²) in [6.45, 7) is 0.478. The molecule has 1 saturated carbocycles. The molecule has 2 nitrogen and oxygen atoms in total. The number of hydrogen-bond acceptors (Lipinski definition) is 1. The standard InChI is InChI=1S/C14H14Br2F3NO/c15-11-3-1-2-9(11)7-20-13(21)8-4-5-12(16)10(6-8)14(17,18)19/h4-6,9,11H,1-3,7H2,(H,20,21). The van der Waals surface area contributed by atoms with Crippen LogP contribution in [0.2, 0.25) is 0 Å². The maximum atomic E-state index is 12.8. The number of amides is 1. The maximum Gasteiger partial charge on any atom is 0.417 e. The molecule has 1 fully saturated rings. The van der Waals surface area contributed by atoms with E-state index < -0.39 is 17.6 Å². The second kappa shape index (κ2) is 6.69. The molecule has 1 aliphatic carbocycles. The van der Waals surface area contributed by atoms with Crippen molar-refractivity contribution in [1.29, 1.82) is 0 Å². The number of carbonyl (C=O) groups excluding carboxylic acids is 1. The zero-order chi connectivity index (χ0) is 15.6. The highest BCUT2D eigenvalue weighted by molar-refractivity contribution is 9.10. The molecule has 2 atom stereocenters. The first kappa shape index (κ1) is 16.8. The molecule has 7 heteroatoms. The smallest absolute Gasteiger partial charge is 0.352 e. The van der Waals surface area contributed by atoms with Gasteiger partial charge in [0.2, 0.25) is 0 Å². The van der Waals surface area contributed by atoms with Gasteiger partial charge < -0.3 is 5.32 Å². The lowest BCUT2D eigenvalue weighted by molar-refractivity contribution is -0.138. The van der Waals surface area contributed by atoms with Crippen molar-refractivity contribution in [2.24, 2.45) is 5.92 Å². The number of halogens is 5. The second-order valence-corrected chi connectivity index (χ2v) is 7.14. The van der Waals surface area contributed by atoms with Gasteiger partial charge in [-0.05, 0) is 37.0 Å². The van der Waals surface area contributed by atoms with Crippen molar-refractivity contribution in [2.75, 3.05) is 6.54 Å². The van der Waals surface area contributed by atoms with Crippen LogP contribution >= 0.6 is 31.9 Å². The molecule has 0 saturated heterocycles. The highest BCUT2D eigenvalue weighted by Gasteiger charge is 2.33. The lowest BCUT2D eigenvalue weighted by atomic mass is 10.1. The zero-order valence-corrected chi connectivity index (χ0v) is 14.2. The molecule has 0 spiro atoms. The second-order valence-electron chi connectivity index (χ2n) is 5.11. The van der Waals surface area contributed by atoms with Crippen LogP contribution < -0.4 is 5.32 Å². The van der Waals surface area contributed by atoms with E-state index >= 15 is 0 Å². The maximum absolute atomic E-state index is 12.8. The Morgan fingerprint density at radius 1 is 1.33 bits per heavy atom. The fourth-order valence-corrected chi connectivity index (χ4v) is 3.68. The van der Waals surface area contributed by atoms with E-state index in [2.05, 4.69) is 37.2 Å². The Bertz CT molecular complexity index is 533. The molecule has 0 bridgehead atoms. The Labute approximate surface area is 137 Å². The van der Waals surface area contributed by atoms with Crippen molar-refractivity contribution >= 4 is 37.8 Å². The van der Waals surface area contributed by atoms with E-state index in [1.165, 1.54) is 12.1 Å². The monoisotopic (exact) mass is 427 g/mol. The van der Waals surface area contributed by atoms with Gasteiger partial charge in [-0.3, -0.25) is 4.79 Å². The number of carbonyl (C=O) groups is 1. The van der Waals surface area contributed by atoms with Crippen LogP contribution in [0.1, 0.15) is 35.2 Å². The molecule has 1 amide bonds. The minimum Gasteiger partial charge on any atom is -0.352 e. The van der Waals surface area contributed by atoms with Gasteiger partial charge in [0.05, 0.1) is 5.56 Å². The average Bonchev–Trinajstić information content (AvgIpc) is 2.80. The van der Waals surface area contributed by atoms with E-state index in [4.69, 9.17) is 0 Å². The Morgan fingerprint density at radius 3 is 2.62 bits per heavy atom. The van der Waals surface area contributed by atoms with E-state index in [1.807, 2.05) is 0 Å². The van der Waals surface area contributed by atoms with Crippen LogP contribution in [0.25, 0.3) is 0 Å². The third-order valence-electron chi connectivity index (χ3n) is 3.63. The van der Waals surface area contributed by atoms with Crippen LogP contribution in [0.15, 0.2) is 22.7 Å². The van der Waals surface area contributed by atoms with Crippen molar-refractivity contribution in [3.05, 3.63) is 33.8 Å². The topological polar surface area (TPSA) is 29.1 Å². The molecular formula is C14H14Br2F3NO. The van der Waals surface area contributed by atoms with Crippen LogP contribution in [0.5, 0.6) is 0 Å². The molecule has 1 aliphatic rings. The SMILES string of the molecule is O=C(NCC1CCCC1Br)c1ccc(Br)c(C(F)(F)F)c1. The lowest BCUT2D eigenvalue weighted by Crippen LogP contribution is -2.31. The summed E-state index contributed by atoms with van der Waals surface area (Å²) in [7, 11) is 0. The Balaban J connectivity index is 2.06. The van der Waals surface area contributed by atoms with Crippen molar-refractivity contribution < 1.29 is 18.0 Å². The van der Waals surface area contributed by atoms with E-state index in [-0.39, 0.29) is 10.0 Å². The summed E-state index contributed by atoms with van der Waals surface area (Å²) < 4.78 is 38.4. The van der Waals surface area contributed by atoms with Gasteiger partial charge in [-0.1, -0.05) is 38.3 Å². The summed E-state index contributed by atoms with van der Waals surface area (Å²) in [6, 6.07) is 3.51. The summed E-state index contributed by atoms with van der Waals surface area (Å²) in [4.78, 5) is 12.4. The molecule has 1 aromatic rings. The van der Waals surface area contributed by atoms with Gasteiger partial charge >= 0.3 is 6.18 Å². The highest BCUT2D eigenvalue weighted by atomic mass is 79.9.